The van der Waals surface area contributed by atoms with Crippen molar-refractivity contribution in [2.24, 2.45) is 5.92 Å². The van der Waals surface area contributed by atoms with Gasteiger partial charge in [-0.05, 0) is 12.3 Å². The summed E-state index contributed by atoms with van der Waals surface area (Å²) in [5.74, 6) is -1.00. The molecule has 0 spiro atoms. The third kappa shape index (κ3) is 4.41. The molecule has 0 unspecified atom stereocenters. The minimum absolute atomic E-state index is 0.139. The normalized spacial score (nSPS) is 10.2. The van der Waals surface area contributed by atoms with Crippen molar-refractivity contribution in [3.8, 4) is 0 Å². The second-order valence-electron chi connectivity index (χ2n) is 2.60. The monoisotopic (exact) mass is 152 g/mol. The third-order valence-electron chi connectivity index (χ3n) is 1.15. The van der Waals surface area contributed by atoms with Crippen LogP contribution in [0.15, 0.2) is 11.9 Å². The van der Waals surface area contributed by atoms with E-state index in [1.807, 2.05) is 13.8 Å². The largest absolute Gasteiger partial charge is 0.301 e. The zero-order chi connectivity index (χ0) is 8.15. The van der Waals surface area contributed by atoms with Crippen molar-refractivity contribution in [3.63, 3.8) is 0 Å². The lowest BCUT2D eigenvalue weighted by Gasteiger charge is -2.00. The highest BCUT2D eigenvalue weighted by molar-refractivity contribution is 4.90. The van der Waals surface area contributed by atoms with Gasteiger partial charge in [0.25, 0.3) is 0 Å². The summed E-state index contributed by atoms with van der Waals surface area (Å²) < 4.78 is 34.8. The summed E-state index contributed by atoms with van der Waals surface area (Å²) in [6.45, 7) is 3.73. The van der Waals surface area contributed by atoms with Crippen LogP contribution in [0.3, 0.4) is 0 Å². The van der Waals surface area contributed by atoms with E-state index >= 15 is 0 Å². The quantitative estimate of drug-likeness (QED) is 0.580. The van der Waals surface area contributed by atoms with Gasteiger partial charge in [-0.25, -0.2) is 4.39 Å². The summed E-state index contributed by atoms with van der Waals surface area (Å²) in [5.41, 5.74) is 0. The molecule has 0 saturated carbocycles. The van der Waals surface area contributed by atoms with Crippen LogP contribution in [0.5, 0.6) is 0 Å². The first-order valence-electron chi connectivity index (χ1n) is 3.23. The van der Waals surface area contributed by atoms with Crippen LogP contribution >= 0.6 is 0 Å². The molecule has 0 aliphatic carbocycles. The van der Waals surface area contributed by atoms with Crippen LogP contribution in [0, 0.1) is 5.92 Å². The molecule has 0 saturated heterocycles. The molecule has 0 fully saturated rings. The van der Waals surface area contributed by atoms with E-state index in [1.165, 1.54) is 0 Å². The lowest BCUT2D eigenvalue weighted by Crippen LogP contribution is -1.87. The summed E-state index contributed by atoms with van der Waals surface area (Å²) in [7, 11) is 0. The molecule has 0 radical (unpaired) electrons. The van der Waals surface area contributed by atoms with Gasteiger partial charge in [-0.1, -0.05) is 13.8 Å². The van der Waals surface area contributed by atoms with E-state index in [4.69, 9.17) is 0 Å². The van der Waals surface area contributed by atoms with E-state index in [-0.39, 0.29) is 12.3 Å². The van der Waals surface area contributed by atoms with Gasteiger partial charge in [-0.15, -0.1) is 0 Å². The van der Waals surface area contributed by atoms with Gasteiger partial charge in [-0.2, -0.15) is 8.78 Å². The Morgan fingerprint density at radius 1 is 1.20 bits per heavy atom. The highest BCUT2D eigenvalue weighted by Gasteiger charge is 2.05. The van der Waals surface area contributed by atoms with Gasteiger partial charge in [0.05, 0.1) is 0 Å². The standard InChI is InChI=1S/C7H11F3/c1-5(2)3-4-6(8)7(9)10/h5H,3-4H2,1-2H3. The molecule has 0 bridgehead atoms. The summed E-state index contributed by atoms with van der Waals surface area (Å²) in [6, 6.07) is 0. The van der Waals surface area contributed by atoms with E-state index < -0.39 is 11.9 Å². The number of rotatable bonds is 3. The molecule has 0 rings (SSSR count). The SMILES string of the molecule is CC(C)CCC(F)=C(F)F. The molecule has 0 N–H and O–H groups in total. The van der Waals surface area contributed by atoms with Crippen molar-refractivity contribution in [1.29, 1.82) is 0 Å². The van der Waals surface area contributed by atoms with Crippen molar-refractivity contribution >= 4 is 0 Å². The molecule has 0 aliphatic heterocycles. The molecule has 0 aliphatic rings. The molecular formula is C7H11F3. The van der Waals surface area contributed by atoms with Gasteiger partial charge in [0.2, 0.25) is 0 Å². The highest BCUT2D eigenvalue weighted by Crippen LogP contribution is 2.17. The summed E-state index contributed by atoms with van der Waals surface area (Å²) in [5, 5.41) is 0. The van der Waals surface area contributed by atoms with Crippen LogP contribution in [0.4, 0.5) is 13.2 Å². The Labute approximate surface area is 58.7 Å². The molecule has 60 valence electrons. The summed E-state index contributed by atoms with van der Waals surface area (Å²) >= 11 is 0. The van der Waals surface area contributed by atoms with Crippen LogP contribution in [-0.2, 0) is 0 Å². The maximum atomic E-state index is 12.0. The average molecular weight is 152 g/mol. The molecule has 0 heterocycles. The van der Waals surface area contributed by atoms with Gasteiger partial charge in [0, 0.05) is 6.42 Å². The number of hydrogen-bond donors (Lipinski definition) is 0. The first-order chi connectivity index (χ1) is 4.54. The molecule has 0 amide bonds. The number of hydrogen-bond acceptors (Lipinski definition) is 0. The lowest BCUT2D eigenvalue weighted by atomic mass is 10.1. The van der Waals surface area contributed by atoms with E-state index in [0.29, 0.717) is 6.42 Å². The Morgan fingerprint density at radius 2 is 1.70 bits per heavy atom. The Hall–Kier alpha value is -0.470. The molecule has 0 aromatic carbocycles. The Morgan fingerprint density at radius 3 is 2.00 bits per heavy atom. The van der Waals surface area contributed by atoms with Gasteiger partial charge in [0.15, 0.2) is 5.83 Å². The van der Waals surface area contributed by atoms with Crippen LogP contribution in [0.25, 0.3) is 0 Å². The maximum Gasteiger partial charge on any atom is 0.301 e. The van der Waals surface area contributed by atoms with Gasteiger partial charge in [0.1, 0.15) is 0 Å². The Balaban J connectivity index is 3.60. The van der Waals surface area contributed by atoms with Crippen molar-refractivity contribution in [2.45, 2.75) is 26.7 Å². The maximum absolute atomic E-state index is 12.0. The summed E-state index contributed by atoms with van der Waals surface area (Å²) in [6.07, 6.45) is -1.84. The molecule has 0 atom stereocenters. The fourth-order valence-corrected chi connectivity index (χ4v) is 0.510. The van der Waals surface area contributed by atoms with E-state index in [1.54, 1.807) is 0 Å². The fourth-order valence-electron chi connectivity index (χ4n) is 0.510. The second-order valence-corrected chi connectivity index (χ2v) is 2.60. The van der Waals surface area contributed by atoms with E-state index in [0.717, 1.165) is 0 Å². The first kappa shape index (κ1) is 9.53. The van der Waals surface area contributed by atoms with Gasteiger partial charge >= 0.3 is 6.08 Å². The summed E-state index contributed by atoms with van der Waals surface area (Å²) in [4.78, 5) is 0. The lowest BCUT2D eigenvalue weighted by molar-refractivity contribution is 0.363. The molecule has 0 aromatic rings. The van der Waals surface area contributed by atoms with Crippen molar-refractivity contribution in [2.75, 3.05) is 0 Å². The van der Waals surface area contributed by atoms with Gasteiger partial charge in [-0.3, -0.25) is 0 Å². The minimum Gasteiger partial charge on any atom is -0.206 e. The average Bonchev–Trinajstić information content (AvgIpc) is 1.82. The zero-order valence-corrected chi connectivity index (χ0v) is 6.13. The second kappa shape index (κ2) is 4.36. The van der Waals surface area contributed by atoms with Crippen LogP contribution in [-0.4, -0.2) is 0 Å². The van der Waals surface area contributed by atoms with Crippen LogP contribution in [0.1, 0.15) is 26.7 Å². The number of allylic oxidation sites excluding steroid dienone is 1. The zero-order valence-electron chi connectivity index (χ0n) is 6.13. The van der Waals surface area contributed by atoms with E-state index in [9.17, 15) is 13.2 Å². The van der Waals surface area contributed by atoms with E-state index in [2.05, 4.69) is 0 Å². The first-order valence-corrected chi connectivity index (χ1v) is 3.23. The Bertz CT molecular complexity index is 123. The van der Waals surface area contributed by atoms with Crippen LogP contribution in [0.2, 0.25) is 0 Å². The van der Waals surface area contributed by atoms with Crippen molar-refractivity contribution in [3.05, 3.63) is 11.9 Å². The third-order valence-corrected chi connectivity index (χ3v) is 1.15. The van der Waals surface area contributed by atoms with Crippen LogP contribution < -0.4 is 0 Å². The predicted octanol–water partition coefficient (Wildman–Crippen LogP) is 3.50. The molecular weight excluding hydrogens is 141 g/mol. The molecule has 0 aromatic heterocycles. The molecule has 3 heteroatoms. The Kier molecular flexibility index (Phi) is 4.16. The van der Waals surface area contributed by atoms with Crippen molar-refractivity contribution < 1.29 is 13.2 Å². The fraction of sp³-hybridized carbons (Fsp3) is 0.714. The predicted molar refractivity (Wildman–Crippen MR) is 34.4 cm³/mol. The number of halogens is 3. The smallest absolute Gasteiger partial charge is 0.206 e. The molecule has 10 heavy (non-hydrogen) atoms. The topological polar surface area (TPSA) is 0 Å². The highest BCUT2D eigenvalue weighted by atomic mass is 19.3. The molecule has 0 nitrogen and oxygen atoms in total. The van der Waals surface area contributed by atoms with Crippen molar-refractivity contribution in [1.82, 2.24) is 0 Å². The minimum atomic E-state index is -2.18. The van der Waals surface area contributed by atoms with Gasteiger partial charge < -0.3 is 0 Å².